The van der Waals surface area contributed by atoms with Crippen LogP contribution in [0.4, 0.5) is 0 Å². The van der Waals surface area contributed by atoms with E-state index in [4.69, 9.17) is 0 Å². The second-order valence-corrected chi connectivity index (χ2v) is 3.86. The molecule has 0 fully saturated rings. The van der Waals surface area contributed by atoms with Gasteiger partial charge in [0.2, 0.25) is 0 Å². The molecular formula is C9H13NOS. The summed E-state index contributed by atoms with van der Waals surface area (Å²) in [7, 11) is 0. The van der Waals surface area contributed by atoms with Crippen molar-refractivity contribution in [1.82, 2.24) is 4.98 Å². The second-order valence-electron chi connectivity index (χ2n) is 2.89. The highest BCUT2D eigenvalue weighted by Crippen LogP contribution is 2.13. The van der Waals surface area contributed by atoms with Gasteiger partial charge in [0.15, 0.2) is 0 Å². The fourth-order valence-corrected chi connectivity index (χ4v) is 1.83. The molecule has 0 aliphatic heterocycles. The highest BCUT2D eigenvalue weighted by atomic mass is 32.1. The minimum absolute atomic E-state index is 0.149. The number of Topliss-reactive ketones (excluding diaryl/α,β-unsaturated/α-hetero) is 1. The monoisotopic (exact) mass is 183 g/mol. The Morgan fingerprint density at radius 3 is 3.00 bits per heavy atom. The maximum Gasteiger partial charge on any atom is 0.135 e. The minimum Gasteiger partial charge on any atom is -0.299 e. The normalized spacial score (nSPS) is 12.8. The van der Waals surface area contributed by atoms with Crippen molar-refractivity contribution in [3.8, 4) is 0 Å². The highest BCUT2D eigenvalue weighted by molar-refractivity contribution is 7.09. The highest BCUT2D eigenvalue weighted by Gasteiger charge is 2.11. The summed E-state index contributed by atoms with van der Waals surface area (Å²) in [5.41, 5.74) is 1.80. The third-order valence-corrected chi connectivity index (χ3v) is 2.69. The Bertz CT molecular complexity index is 243. The van der Waals surface area contributed by atoms with Gasteiger partial charge in [0.05, 0.1) is 5.51 Å². The maximum absolute atomic E-state index is 11.2. The predicted octanol–water partition coefficient (Wildman–Crippen LogP) is 2.30. The molecule has 0 spiro atoms. The van der Waals surface area contributed by atoms with Gasteiger partial charge in [0.1, 0.15) is 5.78 Å². The van der Waals surface area contributed by atoms with E-state index in [2.05, 4.69) is 4.98 Å². The molecule has 0 bridgehead atoms. The Morgan fingerprint density at radius 2 is 2.50 bits per heavy atom. The molecule has 0 N–H and O–H groups in total. The molecule has 1 aromatic heterocycles. The second kappa shape index (κ2) is 4.36. The lowest BCUT2D eigenvalue weighted by atomic mass is 10.0. The number of thiazole rings is 1. The zero-order valence-electron chi connectivity index (χ0n) is 7.41. The summed E-state index contributed by atoms with van der Waals surface area (Å²) in [6.45, 7) is 3.89. The molecule has 12 heavy (non-hydrogen) atoms. The fourth-order valence-electron chi connectivity index (χ4n) is 1.11. The van der Waals surface area contributed by atoms with E-state index in [1.807, 2.05) is 20.0 Å². The molecule has 0 amide bonds. The van der Waals surface area contributed by atoms with E-state index in [-0.39, 0.29) is 5.92 Å². The molecule has 0 aliphatic rings. The van der Waals surface area contributed by atoms with Crippen LogP contribution in [0.3, 0.4) is 0 Å². The molecule has 2 nitrogen and oxygen atoms in total. The lowest BCUT2D eigenvalue weighted by Gasteiger charge is -2.05. The average molecular weight is 183 g/mol. The van der Waals surface area contributed by atoms with E-state index in [1.165, 1.54) is 4.88 Å². The van der Waals surface area contributed by atoms with Crippen LogP contribution in [0.1, 0.15) is 25.1 Å². The van der Waals surface area contributed by atoms with Crippen LogP contribution < -0.4 is 0 Å². The molecule has 1 rings (SSSR count). The molecule has 0 saturated heterocycles. The maximum atomic E-state index is 11.2. The Labute approximate surface area is 76.6 Å². The average Bonchev–Trinajstić information content (AvgIpc) is 2.55. The Morgan fingerprint density at radius 1 is 1.75 bits per heavy atom. The van der Waals surface area contributed by atoms with E-state index in [9.17, 15) is 4.79 Å². The van der Waals surface area contributed by atoms with Crippen molar-refractivity contribution in [3.63, 3.8) is 0 Å². The van der Waals surface area contributed by atoms with E-state index >= 15 is 0 Å². The summed E-state index contributed by atoms with van der Waals surface area (Å²) in [4.78, 5) is 16.4. The summed E-state index contributed by atoms with van der Waals surface area (Å²) in [5, 5.41) is 0. The zero-order chi connectivity index (χ0) is 8.97. The van der Waals surface area contributed by atoms with Crippen molar-refractivity contribution in [1.29, 1.82) is 0 Å². The minimum atomic E-state index is 0.149. The summed E-state index contributed by atoms with van der Waals surface area (Å²) < 4.78 is 0. The number of carbonyl (C=O) groups is 1. The van der Waals surface area contributed by atoms with Crippen molar-refractivity contribution in [2.45, 2.75) is 26.7 Å². The molecule has 1 atom stereocenters. The van der Waals surface area contributed by atoms with Crippen LogP contribution in [0, 0.1) is 5.92 Å². The molecule has 0 saturated carbocycles. The van der Waals surface area contributed by atoms with Gasteiger partial charge >= 0.3 is 0 Å². The molecule has 0 aliphatic carbocycles. The van der Waals surface area contributed by atoms with E-state index in [0.717, 1.165) is 6.42 Å². The topological polar surface area (TPSA) is 30.0 Å². The van der Waals surface area contributed by atoms with Gasteiger partial charge < -0.3 is 0 Å². The number of aromatic nitrogens is 1. The fraction of sp³-hybridized carbons (Fsp3) is 0.556. The van der Waals surface area contributed by atoms with Gasteiger partial charge in [-0.1, -0.05) is 13.8 Å². The smallest absolute Gasteiger partial charge is 0.135 e. The van der Waals surface area contributed by atoms with Gasteiger partial charge in [-0.05, 0) is 6.42 Å². The number of carbonyl (C=O) groups excluding carboxylic acids is 1. The summed E-state index contributed by atoms with van der Waals surface area (Å²) in [6.07, 6.45) is 3.32. The number of ketones is 1. The molecule has 1 aromatic rings. The third kappa shape index (κ3) is 2.41. The van der Waals surface area contributed by atoms with Crippen molar-refractivity contribution in [2.75, 3.05) is 0 Å². The van der Waals surface area contributed by atoms with Crippen LogP contribution in [0.15, 0.2) is 11.7 Å². The lowest BCUT2D eigenvalue weighted by molar-refractivity contribution is -0.122. The number of hydrogen-bond acceptors (Lipinski definition) is 3. The van der Waals surface area contributed by atoms with Crippen molar-refractivity contribution >= 4 is 17.1 Å². The van der Waals surface area contributed by atoms with Gasteiger partial charge in [0, 0.05) is 23.4 Å². The number of hydrogen-bond donors (Lipinski definition) is 0. The third-order valence-electron chi connectivity index (χ3n) is 1.89. The molecular weight excluding hydrogens is 170 g/mol. The van der Waals surface area contributed by atoms with Crippen molar-refractivity contribution in [3.05, 3.63) is 16.6 Å². The van der Waals surface area contributed by atoms with Crippen molar-refractivity contribution < 1.29 is 4.79 Å². The zero-order valence-corrected chi connectivity index (χ0v) is 8.23. The van der Waals surface area contributed by atoms with Crippen LogP contribution in [-0.2, 0) is 11.2 Å². The molecule has 0 aromatic carbocycles. The van der Waals surface area contributed by atoms with Crippen LogP contribution in [0.25, 0.3) is 0 Å². The molecule has 1 heterocycles. The molecule has 1 unspecified atom stereocenters. The van der Waals surface area contributed by atoms with Crippen LogP contribution in [0.5, 0.6) is 0 Å². The standard InChI is InChI=1S/C9H13NOS/c1-3-9(11)7(2)4-8-5-10-6-12-8/h5-7H,3-4H2,1-2H3. The van der Waals surface area contributed by atoms with Crippen LogP contribution in [0.2, 0.25) is 0 Å². The van der Waals surface area contributed by atoms with E-state index in [0.29, 0.717) is 12.2 Å². The largest absolute Gasteiger partial charge is 0.299 e. The Kier molecular flexibility index (Phi) is 3.41. The van der Waals surface area contributed by atoms with E-state index in [1.54, 1.807) is 16.8 Å². The molecule has 0 radical (unpaired) electrons. The van der Waals surface area contributed by atoms with Crippen LogP contribution in [-0.4, -0.2) is 10.8 Å². The van der Waals surface area contributed by atoms with Crippen molar-refractivity contribution in [2.24, 2.45) is 5.92 Å². The van der Waals surface area contributed by atoms with E-state index < -0.39 is 0 Å². The van der Waals surface area contributed by atoms with Gasteiger partial charge in [-0.2, -0.15) is 0 Å². The Balaban J connectivity index is 2.47. The Hall–Kier alpha value is -0.700. The first-order valence-electron chi connectivity index (χ1n) is 4.14. The SMILES string of the molecule is CCC(=O)C(C)Cc1cncs1. The molecule has 66 valence electrons. The van der Waals surface area contributed by atoms with Gasteiger partial charge in [0.25, 0.3) is 0 Å². The number of nitrogens with zero attached hydrogens (tertiary/aromatic N) is 1. The predicted molar refractivity (Wildman–Crippen MR) is 50.3 cm³/mol. The number of rotatable bonds is 4. The van der Waals surface area contributed by atoms with Gasteiger partial charge in [-0.15, -0.1) is 11.3 Å². The first-order valence-corrected chi connectivity index (χ1v) is 5.02. The summed E-state index contributed by atoms with van der Waals surface area (Å²) in [6, 6.07) is 0. The first kappa shape index (κ1) is 9.39. The lowest BCUT2D eigenvalue weighted by Crippen LogP contribution is -2.11. The van der Waals surface area contributed by atoms with Gasteiger partial charge in [-0.25, -0.2) is 0 Å². The summed E-state index contributed by atoms with van der Waals surface area (Å²) >= 11 is 1.62. The quantitative estimate of drug-likeness (QED) is 0.717. The van der Waals surface area contributed by atoms with Gasteiger partial charge in [-0.3, -0.25) is 9.78 Å². The van der Waals surface area contributed by atoms with Crippen LogP contribution >= 0.6 is 11.3 Å². The summed E-state index contributed by atoms with van der Waals surface area (Å²) in [5.74, 6) is 0.485. The molecule has 3 heteroatoms. The first-order chi connectivity index (χ1) is 5.74.